The lowest BCUT2D eigenvalue weighted by molar-refractivity contribution is 0.734. The van der Waals surface area contributed by atoms with E-state index in [1.54, 1.807) is 6.20 Å². The molecule has 1 rings (SSSR count). The van der Waals surface area contributed by atoms with Gasteiger partial charge in [0.15, 0.2) is 0 Å². The fourth-order valence-corrected chi connectivity index (χ4v) is 1.00. The molecule has 1 N–H and O–H groups in total. The second-order valence-electron chi connectivity index (χ2n) is 2.57. The van der Waals surface area contributed by atoms with Gasteiger partial charge < -0.3 is 0 Å². The summed E-state index contributed by atoms with van der Waals surface area (Å²) in [5, 5.41) is 0. The first kappa shape index (κ1) is 8.21. The molecular formula is C9H13N2. The first-order valence-corrected chi connectivity index (χ1v) is 3.97. The van der Waals surface area contributed by atoms with Crippen molar-refractivity contribution >= 4 is 0 Å². The third-order valence-electron chi connectivity index (χ3n) is 1.62. The van der Waals surface area contributed by atoms with Crippen LogP contribution >= 0.6 is 0 Å². The van der Waals surface area contributed by atoms with Gasteiger partial charge in [-0.1, -0.05) is 6.07 Å². The first-order valence-electron chi connectivity index (χ1n) is 3.97. The predicted octanol–water partition coefficient (Wildman–Crippen LogP) is 1.69. The van der Waals surface area contributed by atoms with E-state index in [9.17, 15) is 0 Å². The van der Waals surface area contributed by atoms with Crippen molar-refractivity contribution in [3.8, 4) is 0 Å². The molecule has 0 fully saturated rings. The number of hydrogen-bond donors (Lipinski definition) is 0. The quantitative estimate of drug-likeness (QED) is 0.600. The molecule has 11 heavy (non-hydrogen) atoms. The van der Waals surface area contributed by atoms with Crippen LogP contribution in [0.2, 0.25) is 0 Å². The zero-order valence-electron chi connectivity index (χ0n) is 6.59. The second kappa shape index (κ2) is 4.85. The van der Waals surface area contributed by atoms with Crippen LogP contribution < -0.4 is 5.73 Å². The van der Waals surface area contributed by atoms with E-state index in [2.05, 4.69) is 11.1 Å². The van der Waals surface area contributed by atoms with Gasteiger partial charge in [-0.3, -0.25) is 10.7 Å². The van der Waals surface area contributed by atoms with Crippen LogP contribution in [0.4, 0.5) is 0 Å². The maximum absolute atomic E-state index is 6.95. The van der Waals surface area contributed by atoms with E-state index in [1.807, 2.05) is 12.3 Å². The van der Waals surface area contributed by atoms with Gasteiger partial charge in [-0.15, -0.1) is 0 Å². The van der Waals surface area contributed by atoms with Gasteiger partial charge in [0.2, 0.25) is 0 Å². The number of pyridine rings is 1. The summed E-state index contributed by atoms with van der Waals surface area (Å²) in [5.74, 6) is 0. The summed E-state index contributed by atoms with van der Waals surface area (Å²) in [4.78, 5) is 4.02. The fraction of sp³-hybridized carbons (Fsp3) is 0.444. The molecule has 0 aliphatic heterocycles. The number of unbranched alkanes of at least 4 members (excludes halogenated alkanes) is 1. The molecule has 0 saturated heterocycles. The van der Waals surface area contributed by atoms with Crippen LogP contribution in [0, 0.1) is 0 Å². The van der Waals surface area contributed by atoms with Gasteiger partial charge in [-0.25, -0.2) is 0 Å². The summed E-state index contributed by atoms with van der Waals surface area (Å²) < 4.78 is 0. The average Bonchev–Trinajstić information content (AvgIpc) is 2.07. The minimum atomic E-state index is 0.542. The van der Waals surface area contributed by atoms with E-state index in [-0.39, 0.29) is 0 Å². The highest BCUT2D eigenvalue weighted by molar-refractivity contribution is 5.08. The Morgan fingerprint density at radius 3 is 2.91 bits per heavy atom. The Balaban J connectivity index is 2.28. The summed E-state index contributed by atoms with van der Waals surface area (Å²) in [7, 11) is 0. The first-order chi connectivity index (χ1) is 5.43. The lowest BCUT2D eigenvalue weighted by Gasteiger charge is -1.97. The third kappa shape index (κ3) is 3.14. The molecule has 0 saturated carbocycles. The van der Waals surface area contributed by atoms with Gasteiger partial charge in [0.1, 0.15) is 0 Å². The maximum atomic E-state index is 6.95. The monoisotopic (exact) mass is 149 g/mol. The highest BCUT2D eigenvalue weighted by Gasteiger charge is 1.90. The van der Waals surface area contributed by atoms with E-state index >= 15 is 0 Å². The maximum Gasteiger partial charge on any atom is 0.0299 e. The molecule has 0 unspecified atom stereocenters. The normalized spacial score (nSPS) is 9.91. The van der Waals surface area contributed by atoms with E-state index in [4.69, 9.17) is 5.73 Å². The standard InChI is InChI=1S/C9H13N2/c10-6-2-1-4-9-5-3-7-11-8-9/h3,5,7-8,10H,1-2,4,6H2. The summed E-state index contributed by atoms with van der Waals surface area (Å²) in [6, 6.07) is 4.03. The van der Waals surface area contributed by atoms with Crippen molar-refractivity contribution in [1.82, 2.24) is 10.7 Å². The van der Waals surface area contributed by atoms with Crippen molar-refractivity contribution < 1.29 is 0 Å². The van der Waals surface area contributed by atoms with Gasteiger partial charge in [-0.05, 0) is 30.9 Å². The van der Waals surface area contributed by atoms with Crippen molar-refractivity contribution in [3.05, 3.63) is 30.1 Å². The number of aromatic nitrogens is 1. The molecule has 59 valence electrons. The van der Waals surface area contributed by atoms with Crippen LogP contribution in [0.1, 0.15) is 18.4 Å². The van der Waals surface area contributed by atoms with Crippen LogP contribution in [0.15, 0.2) is 24.5 Å². The second-order valence-corrected chi connectivity index (χ2v) is 2.57. The Morgan fingerprint density at radius 1 is 1.36 bits per heavy atom. The molecule has 1 aromatic rings. The summed E-state index contributed by atoms with van der Waals surface area (Å²) in [5.41, 5.74) is 8.23. The van der Waals surface area contributed by atoms with Gasteiger partial charge in [-0.2, -0.15) is 0 Å². The Kier molecular flexibility index (Phi) is 3.62. The molecule has 1 heterocycles. The number of rotatable bonds is 4. The number of aryl methyl sites for hydroxylation is 1. The molecule has 0 aliphatic rings. The SMILES string of the molecule is [NH]CCCCc1cccnc1. The summed E-state index contributed by atoms with van der Waals surface area (Å²) >= 11 is 0. The van der Waals surface area contributed by atoms with Crippen LogP contribution in [0.3, 0.4) is 0 Å². The highest BCUT2D eigenvalue weighted by atomic mass is 14.6. The predicted molar refractivity (Wildman–Crippen MR) is 45.1 cm³/mol. The van der Waals surface area contributed by atoms with Crippen molar-refractivity contribution in [2.45, 2.75) is 19.3 Å². The Labute approximate surface area is 67.5 Å². The molecular weight excluding hydrogens is 136 g/mol. The van der Waals surface area contributed by atoms with Gasteiger partial charge in [0.05, 0.1) is 0 Å². The minimum absolute atomic E-state index is 0.542. The molecule has 1 radical (unpaired) electrons. The molecule has 0 atom stereocenters. The molecule has 0 aliphatic carbocycles. The highest BCUT2D eigenvalue weighted by Crippen LogP contribution is 2.01. The number of nitrogens with one attached hydrogen (secondary N) is 1. The minimum Gasteiger partial charge on any atom is -0.264 e. The Bertz CT molecular complexity index is 184. The lowest BCUT2D eigenvalue weighted by atomic mass is 10.1. The van der Waals surface area contributed by atoms with E-state index in [0.29, 0.717) is 6.54 Å². The van der Waals surface area contributed by atoms with Crippen LogP contribution in [0.5, 0.6) is 0 Å². The van der Waals surface area contributed by atoms with Crippen molar-refractivity contribution in [1.29, 1.82) is 0 Å². The number of hydrogen-bond acceptors (Lipinski definition) is 1. The van der Waals surface area contributed by atoms with Gasteiger partial charge in [0.25, 0.3) is 0 Å². The lowest BCUT2D eigenvalue weighted by Crippen LogP contribution is -1.89. The van der Waals surface area contributed by atoms with Gasteiger partial charge in [0, 0.05) is 18.9 Å². The summed E-state index contributed by atoms with van der Waals surface area (Å²) in [6.45, 7) is 0.542. The van der Waals surface area contributed by atoms with E-state index in [1.165, 1.54) is 5.56 Å². The van der Waals surface area contributed by atoms with Crippen molar-refractivity contribution in [3.63, 3.8) is 0 Å². The van der Waals surface area contributed by atoms with Crippen molar-refractivity contribution in [2.24, 2.45) is 0 Å². The molecule has 2 nitrogen and oxygen atoms in total. The molecule has 0 spiro atoms. The molecule has 0 amide bonds. The Hall–Kier alpha value is -0.890. The smallest absolute Gasteiger partial charge is 0.0299 e. The van der Waals surface area contributed by atoms with Crippen molar-refractivity contribution in [2.75, 3.05) is 6.54 Å². The van der Waals surface area contributed by atoms with E-state index in [0.717, 1.165) is 19.3 Å². The molecule has 2 heteroatoms. The fourth-order valence-electron chi connectivity index (χ4n) is 1.00. The molecule has 1 aromatic heterocycles. The molecule has 0 aromatic carbocycles. The van der Waals surface area contributed by atoms with Crippen LogP contribution in [-0.2, 0) is 6.42 Å². The zero-order valence-corrected chi connectivity index (χ0v) is 6.59. The average molecular weight is 149 g/mol. The largest absolute Gasteiger partial charge is 0.264 e. The molecule has 0 bridgehead atoms. The van der Waals surface area contributed by atoms with Gasteiger partial charge >= 0.3 is 0 Å². The van der Waals surface area contributed by atoms with Crippen LogP contribution in [-0.4, -0.2) is 11.5 Å². The summed E-state index contributed by atoms with van der Waals surface area (Å²) in [6.07, 6.45) is 6.84. The van der Waals surface area contributed by atoms with Crippen LogP contribution in [0.25, 0.3) is 0 Å². The zero-order chi connectivity index (χ0) is 7.94. The third-order valence-corrected chi connectivity index (χ3v) is 1.62. The Morgan fingerprint density at radius 2 is 2.27 bits per heavy atom. The topological polar surface area (TPSA) is 36.7 Å². The van der Waals surface area contributed by atoms with E-state index < -0.39 is 0 Å². The number of nitrogens with zero attached hydrogens (tertiary/aromatic N) is 1.